The Kier molecular flexibility index (Phi) is 7.82. The predicted octanol–water partition coefficient (Wildman–Crippen LogP) is 15.2. The number of furan rings is 1. The van der Waals surface area contributed by atoms with Crippen molar-refractivity contribution < 1.29 is 4.42 Å². The summed E-state index contributed by atoms with van der Waals surface area (Å²) in [6.07, 6.45) is 0. The lowest BCUT2D eigenvalue weighted by Crippen LogP contribution is -2.11. The monoisotopic (exact) mass is 728 g/mol. The van der Waals surface area contributed by atoms with E-state index in [0.29, 0.717) is 0 Å². The van der Waals surface area contributed by atoms with Gasteiger partial charge in [0.15, 0.2) is 0 Å². The van der Waals surface area contributed by atoms with Crippen LogP contribution in [0, 0.1) is 0 Å². The quantitative estimate of drug-likeness (QED) is 0.163. The van der Waals surface area contributed by atoms with Gasteiger partial charge in [-0.3, -0.25) is 0 Å². The number of hydrogen-bond donors (Lipinski definition) is 0. The fourth-order valence-corrected chi connectivity index (χ4v) is 8.60. The van der Waals surface area contributed by atoms with Gasteiger partial charge in [0.1, 0.15) is 11.2 Å². The molecule has 57 heavy (non-hydrogen) atoms. The first-order valence-corrected chi connectivity index (χ1v) is 19.4. The van der Waals surface area contributed by atoms with Gasteiger partial charge in [-0.15, -0.1) is 0 Å². The highest BCUT2D eigenvalue weighted by atomic mass is 16.3. The van der Waals surface area contributed by atoms with Gasteiger partial charge in [0.2, 0.25) is 0 Å². The smallest absolute Gasteiger partial charge is 0.136 e. The van der Waals surface area contributed by atoms with Crippen LogP contribution in [0.4, 0.5) is 17.1 Å². The average Bonchev–Trinajstić information content (AvgIpc) is 3.83. The van der Waals surface area contributed by atoms with E-state index in [-0.39, 0.29) is 0 Å². The molecule has 11 aromatic rings. The second-order valence-corrected chi connectivity index (χ2v) is 14.5. The van der Waals surface area contributed by atoms with Crippen LogP contribution in [0.25, 0.3) is 82.8 Å². The van der Waals surface area contributed by atoms with Gasteiger partial charge < -0.3 is 13.9 Å². The third kappa shape index (κ3) is 5.60. The Labute approximate surface area is 330 Å². The summed E-state index contributed by atoms with van der Waals surface area (Å²) in [4.78, 5) is 2.39. The third-order valence-electron chi connectivity index (χ3n) is 11.2. The summed E-state index contributed by atoms with van der Waals surface area (Å²) in [5.74, 6) is 0. The van der Waals surface area contributed by atoms with E-state index < -0.39 is 0 Å². The highest BCUT2D eigenvalue weighted by Gasteiger charge is 2.20. The van der Waals surface area contributed by atoms with Crippen molar-refractivity contribution in [3.05, 3.63) is 218 Å². The van der Waals surface area contributed by atoms with Crippen LogP contribution in [-0.2, 0) is 0 Å². The zero-order chi connectivity index (χ0) is 37.7. The molecule has 0 amide bonds. The summed E-state index contributed by atoms with van der Waals surface area (Å²) in [6, 6.07) is 78.2. The summed E-state index contributed by atoms with van der Waals surface area (Å²) < 4.78 is 8.68. The van der Waals surface area contributed by atoms with Crippen molar-refractivity contribution in [2.75, 3.05) is 4.90 Å². The van der Waals surface area contributed by atoms with Crippen molar-refractivity contribution in [3.8, 4) is 39.1 Å². The Morgan fingerprint density at radius 3 is 1.65 bits per heavy atom. The number of rotatable bonds is 7. The van der Waals surface area contributed by atoms with E-state index in [1.165, 1.54) is 32.9 Å². The van der Waals surface area contributed by atoms with Crippen LogP contribution in [0.1, 0.15) is 0 Å². The number of aromatic nitrogens is 1. The average molecular weight is 729 g/mol. The summed E-state index contributed by atoms with van der Waals surface area (Å²) in [5.41, 5.74) is 15.5. The topological polar surface area (TPSA) is 21.3 Å². The zero-order valence-electron chi connectivity index (χ0n) is 31.1. The minimum atomic E-state index is 0.898. The lowest BCUT2D eigenvalue weighted by atomic mass is 9.94. The third-order valence-corrected chi connectivity index (χ3v) is 11.2. The Hall–Kier alpha value is -7.62. The Morgan fingerprint density at radius 1 is 0.333 bits per heavy atom. The molecule has 268 valence electrons. The molecule has 0 spiro atoms. The molecule has 0 saturated carbocycles. The molecule has 3 heteroatoms. The van der Waals surface area contributed by atoms with E-state index in [4.69, 9.17) is 4.42 Å². The number of benzene rings is 9. The maximum absolute atomic E-state index is 6.29. The highest BCUT2D eigenvalue weighted by molar-refractivity contribution is 6.09. The Balaban J connectivity index is 1.05. The standard InChI is InChI=1S/C54H36N2O/c1-2-15-37(16-3-1)45-21-6-10-25-50(45)55(41-17-14-18-42(36-41)56-51-26-11-7-22-46(51)47-23-8-12-27-52(47)56)40-32-29-38(30-33-40)43-19-4-5-20-44(43)39-31-34-49-48-24-9-13-28-53(48)57-54(49)35-39/h1-36H. The number of para-hydroxylation sites is 4. The van der Waals surface area contributed by atoms with Crippen molar-refractivity contribution in [1.82, 2.24) is 4.57 Å². The number of anilines is 3. The predicted molar refractivity (Wildman–Crippen MR) is 239 cm³/mol. The van der Waals surface area contributed by atoms with Crippen LogP contribution >= 0.6 is 0 Å². The maximum atomic E-state index is 6.29. The number of hydrogen-bond acceptors (Lipinski definition) is 2. The van der Waals surface area contributed by atoms with Gasteiger partial charge in [-0.1, -0.05) is 152 Å². The van der Waals surface area contributed by atoms with Crippen molar-refractivity contribution in [3.63, 3.8) is 0 Å². The molecule has 0 N–H and O–H groups in total. The van der Waals surface area contributed by atoms with E-state index >= 15 is 0 Å². The minimum absolute atomic E-state index is 0.898. The highest BCUT2D eigenvalue weighted by Crippen LogP contribution is 2.43. The first-order chi connectivity index (χ1) is 28.3. The van der Waals surface area contributed by atoms with Crippen LogP contribution < -0.4 is 4.90 Å². The maximum Gasteiger partial charge on any atom is 0.136 e. The summed E-state index contributed by atoms with van der Waals surface area (Å²) >= 11 is 0. The van der Waals surface area contributed by atoms with Gasteiger partial charge >= 0.3 is 0 Å². The second kappa shape index (κ2) is 13.6. The first-order valence-electron chi connectivity index (χ1n) is 19.4. The van der Waals surface area contributed by atoms with Gasteiger partial charge in [0, 0.05) is 44.2 Å². The van der Waals surface area contributed by atoms with Crippen LogP contribution in [0.2, 0.25) is 0 Å². The Bertz CT molecular complexity index is 3190. The SMILES string of the molecule is c1ccc(-c2ccccc2N(c2ccc(-c3ccccc3-c3ccc4c(c3)oc3ccccc34)cc2)c2cccc(-n3c4ccccc4c4ccccc43)c2)cc1. The van der Waals surface area contributed by atoms with Crippen molar-refractivity contribution >= 4 is 60.8 Å². The lowest BCUT2D eigenvalue weighted by Gasteiger charge is -2.28. The van der Waals surface area contributed by atoms with Crippen molar-refractivity contribution in [2.24, 2.45) is 0 Å². The van der Waals surface area contributed by atoms with E-state index in [0.717, 1.165) is 66.9 Å². The van der Waals surface area contributed by atoms with Gasteiger partial charge in [0.05, 0.1) is 16.7 Å². The molecule has 0 aliphatic heterocycles. The first kappa shape index (κ1) is 32.8. The van der Waals surface area contributed by atoms with E-state index in [1.54, 1.807) is 0 Å². The van der Waals surface area contributed by atoms with E-state index in [2.05, 4.69) is 216 Å². The molecule has 2 aromatic heterocycles. The van der Waals surface area contributed by atoms with Crippen molar-refractivity contribution in [2.45, 2.75) is 0 Å². The lowest BCUT2D eigenvalue weighted by molar-refractivity contribution is 0.669. The molecule has 9 aromatic carbocycles. The van der Waals surface area contributed by atoms with Gasteiger partial charge in [0.25, 0.3) is 0 Å². The normalized spacial score (nSPS) is 11.5. The van der Waals surface area contributed by atoms with Crippen LogP contribution in [-0.4, -0.2) is 4.57 Å². The molecule has 0 unspecified atom stereocenters. The van der Waals surface area contributed by atoms with E-state index in [1.807, 2.05) is 12.1 Å². The summed E-state index contributed by atoms with van der Waals surface area (Å²) in [7, 11) is 0. The number of nitrogens with zero attached hydrogens (tertiary/aromatic N) is 2. The number of fused-ring (bicyclic) bond motifs is 6. The van der Waals surface area contributed by atoms with Gasteiger partial charge in [-0.25, -0.2) is 0 Å². The largest absolute Gasteiger partial charge is 0.456 e. The molecule has 0 fully saturated rings. The molecular formula is C54H36N2O. The molecule has 0 radical (unpaired) electrons. The van der Waals surface area contributed by atoms with Gasteiger partial charge in [-0.2, -0.15) is 0 Å². The fourth-order valence-electron chi connectivity index (χ4n) is 8.60. The molecule has 0 bridgehead atoms. The van der Waals surface area contributed by atoms with Crippen molar-refractivity contribution in [1.29, 1.82) is 0 Å². The van der Waals surface area contributed by atoms with Gasteiger partial charge in [-0.05, 0) is 94.5 Å². The molecule has 11 rings (SSSR count). The van der Waals surface area contributed by atoms with Crippen LogP contribution in [0.3, 0.4) is 0 Å². The van der Waals surface area contributed by atoms with Crippen LogP contribution in [0.15, 0.2) is 223 Å². The summed E-state index contributed by atoms with van der Waals surface area (Å²) in [5, 5.41) is 4.77. The zero-order valence-corrected chi connectivity index (χ0v) is 31.1. The molecular weight excluding hydrogens is 693 g/mol. The summed E-state index contributed by atoms with van der Waals surface area (Å²) in [6.45, 7) is 0. The minimum Gasteiger partial charge on any atom is -0.456 e. The van der Waals surface area contributed by atoms with E-state index in [9.17, 15) is 0 Å². The molecule has 0 aliphatic rings. The molecule has 0 aliphatic carbocycles. The molecule has 3 nitrogen and oxygen atoms in total. The molecule has 0 atom stereocenters. The Morgan fingerprint density at radius 2 is 0.895 bits per heavy atom. The molecule has 0 saturated heterocycles. The van der Waals surface area contributed by atoms with Crippen LogP contribution in [0.5, 0.6) is 0 Å². The molecule has 2 heterocycles. The second-order valence-electron chi connectivity index (χ2n) is 14.5. The fraction of sp³-hybridized carbons (Fsp3) is 0.